The van der Waals surface area contributed by atoms with Gasteiger partial charge in [0.1, 0.15) is 12.3 Å². The maximum Gasteiger partial charge on any atom is 0.267 e. The fourth-order valence-electron chi connectivity index (χ4n) is 2.53. The average molecular weight is 342 g/mol. The van der Waals surface area contributed by atoms with Crippen LogP contribution in [0.3, 0.4) is 0 Å². The van der Waals surface area contributed by atoms with Crippen molar-refractivity contribution in [3.8, 4) is 5.75 Å². The van der Waals surface area contributed by atoms with Gasteiger partial charge < -0.3 is 15.0 Å². The molecule has 0 radical (unpaired) electrons. The van der Waals surface area contributed by atoms with Crippen LogP contribution >= 0.6 is 0 Å². The minimum Gasteiger partial charge on any atom is -0.483 e. The molecule has 1 aliphatic rings. The summed E-state index contributed by atoms with van der Waals surface area (Å²) in [6.45, 7) is 0.909. The molecule has 1 aromatic heterocycles. The van der Waals surface area contributed by atoms with E-state index in [1.807, 2.05) is 24.3 Å². The predicted octanol–water partition coefficient (Wildman–Crippen LogP) is -0.219. The van der Waals surface area contributed by atoms with Crippen molar-refractivity contribution < 1.29 is 14.3 Å². The fraction of sp³-hybridized carbons (Fsp3) is 0.294. The van der Waals surface area contributed by atoms with Gasteiger partial charge in [-0.1, -0.05) is 18.2 Å². The molecule has 0 saturated heterocycles. The summed E-state index contributed by atoms with van der Waals surface area (Å²) in [6, 6.07) is 10.3. The van der Waals surface area contributed by atoms with E-state index in [-0.39, 0.29) is 37.1 Å². The molecule has 3 rings (SSSR count). The SMILES string of the molecule is O=C(Cn1ncccc1=O)NCCN1Cc2ccccc2OCC1=O. The lowest BCUT2D eigenvalue weighted by Gasteiger charge is -2.20. The summed E-state index contributed by atoms with van der Waals surface area (Å²) in [7, 11) is 0. The molecule has 8 heteroatoms. The minimum atomic E-state index is -0.339. The van der Waals surface area contributed by atoms with E-state index in [1.54, 1.807) is 4.90 Å². The Balaban J connectivity index is 1.53. The highest BCUT2D eigenvalue weighted by atomic mass is 16.5. The van der Waals surface area contributed by atoms with Crippen molar-refractivity contribution >= 4 is 11.8 Å². The molecule has 0 aliphatic carbocycles. The summed E-state index contributed by atoms with van der Waals surface area (Å²) < 4.78 is 6.57. The van der Waals surface area contributed by atoms with Gasteiger partial charge in [-0.05, 0) is 12.1 Å². The molecule has 0 fully saturated rings. The van der Waals surface area contributed by atoms with Crippen LogP contribution in [0.25, 0.3) is 0 Å². The number of para-hydroxylation sites is 1. The Hall–Kier alpha value is -3.16. The Kier molecular flexibility index (Phi) is 5.08. The highest BCUT2D eigenvalue weighted by Gasteiger charge is 2.20. The Morgan fingerprint density at radius 3 is 2.88 bits per heavy atom. The van der Waals surface area contributed by atoms with Crippen molar-refractivity contribution in [2.45, 2.75) is 13.1 Å². The smallest absolute Gasteiger partial charge is 0.267 e. The number of nitrogens with one attached hydrogen (secondary N) is 1. The van der Waals surface area contributed by atoms with Gasteiger partial charge in [-0.2, -0.15) is 5.10 Å². The number of fused-ring (bicyclic) bond motifs is 1. The van der Waals surface area contributed by atoms with E-state index in [2.05, 4.69) is 10.4 Å². The largest absolute Gasteiger partial charge is 0.483 e. The molecule has 0 spiro atoms. The van der Waals surface area contributed by atoms with E-state index < -0.39 is 0 Å². The van der Waals surface area contributed by atoms with E-state index >= 15 is 0 Å². The van der Waals surface area contributed by atoms with Crippen molar-refractivity contribution in [2.75, 3.05) is 19.7 Å². The lowest BCUT2D eigenvalue weighted by atomic mass is 10.2. The van der Waals surface area contributed by atoms with Crippen molar-refractivity contribution in [3.63, 3.8) is 0 Å². The molecule has 0 unspecified atom stereocenters. The second kappa shape index (κ2) is 7.61. The first-order valence-electron chi connectivity index (χ1n) is 7.91. The Labute approximate surface area is 144 Å². The molecule has 8 nitrogen and oxygen atoms in total. The first-order valence-corrected chi connectivity index (χ1v) is 7.91. The number of aromatic nitrogens is 2. The van der Waals surface area contributed by atoms with Gasteiger partial charge in [0.2, 0.25) is 5.91 Å². The first kappa shape index (κ1) is 16.7. The molecule has 2 aromatic rings. The molecule has 2 amide bonds. The summed E-state index contributed by atoms with van der Waals surface area (Å²) in [6.07, 6.45) is 1.45. The number of rotatable bonds is 5. The molecule has 0 bridgehead atoms. The quantitative estimate of drug-likeness (QED) is 0.811. The third-order valence-corrected chi connectivity index (χ3v) is 3.82. The fourth-order valence-corrected chi connectivity index (χ4v) is 2.53. The number of hydrogen-bond donors (Lipinski definition) is 1. The van der Waals surface area contributed by atoms with Crippen LogP contribution in [0.1, 0.15) is 5.56 Å². The highest BCUT2D eigenvalue weighted by Crippen LogP contribution is 2.22. The van der Waals surface area contributed by atoms with Gasteiger partial charge in [0.25, 0.3) is 11.5 Å². The molecule has 1 N–H and O–H groups in total. The number of hydrogen-bond acceptors (Lipinski definition) is 5. The molecule has 1 aliphatic heterocycles. The molecule has 2 heterocycles. The molecular formula is C17H18N4O4. The molecule has 130 valence electrons. The van der Waals surface area contributed by atoms with Crippen molar-refractivity contribution in [2.24, 2.45) is 0 Å². The summed E-state index contributed by atoms with van der Waals surface area (Å²) >= 11 is 0. The summed E-state index contributed by atoms with van der Waals surface area (Å²) in [4.78, 5) is 37.2. The zero-order valence-corrected chi connectivity index (χ0v) is 13.6. The topological polar surface area (TPSA) is 93.5 Å². The predicted molar refractivity (Wildman–Crippen MR) is 88.9 cm³/mol. The van der Waals surface area contributed by atoms with E-state index in [1.165, 1.54) is 18.3 Å². The van der Waals surface area contributed by atoms with Crippen LogP contribution in [0, 0.1) is 0 Å². The summed E-state index contributed by atoms with van der Waals surface area (Å²) in [5, 5.41) is 6.53. The monoisotopic (exact) mass is 342 g/mol. The molecule has 1 aromatic carbocycles. The van der Waals surface area contributed by atoms with Gasteiger partial charge in [0.05, 0.1) is 0 Å². The first-order chi connectivity index (χ1) is 12.1. The lowest BCUT2D eigenvalue weighted by Crippen LogP contribution is -2.40. The van der Waals surface area contributed by atoms with Crippen LogP contribution in [0.15, 0.2) is 47.4 Å². The Morgan fingerprint density at radius 2 is 2.04 bits per heavy atom. The summed E-state index contributed by atoms with van der Waals surface area (Å²) in [5.41, 5.74) is 0.591. The number of amides is 2. The molecule has 0 saturated carbocycles. The third-order valence-electron chi connectivity index (χ3n) is 3.82. The second-order valence-corrected chi connectivity index (χ2v) is 5.58. The standard InChI is InChI=1S/C17H18N4O4/c22-15(11-21-16(23)6-3-7-19-21)18-8-9-20-10-13-4-1-2-5-14(13)25-12-17(20)24/h1-7H,8-12H2,(H,18,22). The minimum absolute atomic E-state index is 0.0196. The van der Waals surface area contributed by atoms with Crippen LogP contribution in [-0.4, -0.2) is 46.2 Å². The normalized spacial score (nSPS) is 13.6. The number of benzene rings is 1. The number of nitrogens with zero attached hydrogens (tertiary/aromatic N) is 3. The molecular weight excluding hydrogens is 324 g/mol. The summed E-state index contributed by atoms with van der Waals surface area (Å²) in [5.74, 6) is 0.239. The Morgan fingerprint density at radius 1 is 1.20 bits per heavy atom. The van der Waals surface area contributed by atoms with E-state index in [4.69, 9.17) is 4.74 Å². The number of carbonyl (C=O) groups excluding carboxylic acids is 2. The molecule has 0 atom stereocenters. The number of ether oxygens (including phenoxy) is 1. The number of carbonyl (C=O) groups is 2. The van der Waals surface area contributed by atoms with Crippen molar-refractivity contribution in [1.82, 2.24) is 20.0 Å². The maximum atomic E-state index is 12.1. The average Bonchev–Trinajstić information content (AvgIpc) is 2.77. The Bertz CT molecular complexity index is 833. The van der Waals surface area contributed by atoms with Crippen LogP contribution in [0.5, 0.6) is 5.75 Å². The zero-order valence-electron chi connectivity index (χ0n) is 13.6. The zero-order chi connectivity index (χ0) is 17.6. The highest BCUT2D eigenvalue weighted by molar-refractivity contribution is 5.79. The van der Waals surface area contributed by atoms with E-state index in [0.29, 0.717) is 18.8 Å². The van der Waals surface area contributed by atoms with E-state index in [9.17, 15) is 14.4 Å². The lowest BCUT2D eigenvalue weighted by molar-refractivity contribution is -0.133. The van der Waals surface area contributed by atoms with Crippen LogP contribution < -0.4 is 15.6 Å². The van der Waals surface area contributed by atoms with Crippen molar-refractivity contribution in [1.29, 1.82) is 0 Å². The van der Waals surface area contributed by atoms with Gasteiger partial charge in [0, 0.05) is 37.5 Å². The van der Waals surface area contributed by atoms with Crippen LogP contribution in [-0.2, 0) is 22.7 Å². The van der Waals surface area contributed by atoms with Gasteiger partial charge in [-0.15, -0.1) is 0 Å². The van der Waals surface area contributed by atoms with Gasteiger partial charge >= 0.3 is 0 Å². The van der Waals surface area contributed by atoms with E-state index in [0.717, 1.165) is 10.2 Å². The molecule has 25 heavy (non-hydrogen) atoms. The second-order valence-electron chi connectivity index (χ2n) is 5.58. The van der Waals surface area contributed by atoms with Gasteiger partial charge in [0.15, 0.2) is 6.61 Å². The third kappa shape index (κ3) is 4.23. The van der Waals surface area contributed by atoms with Crippen LogP contribution in [0.4, 0.5) is 0 Å². The maximum absolute atomic E-state index is 12.1. The van der Waals surface area contributed by atoms with Crippen LogP contribution in [0.2, 0.25) is 0 Å². The van der Waals surface area contributed by atoms with Gasteiger partial charge in [-0.25, -0.2) is 4.68 Å². The van der Waals surface area contributed by atoms with Gasteiger partial charge in [-0.3, -0.25) is 14.4 Å². The van der Waals surface area contributed by atoms with Crippen molar-refractivity contribution in [3.05, 3.63) is 58.5 Å².